The first-order chi connectivity index (χ1) is 15.5. The van der Waals surface area contributed by atoms with E-state index in [4.69, 9.17) is 0 Å². The molecular formula is C31H35N. The van der Waals surface area contributed by atoms with Crippen molar-refractivity contribution in [2.75, 3.05) is 5.32 Å². The molecule has 0 spiro atoms. The molecule has 2 aromatic carbocycles. The fourth-order valence-corrected chi connectivity index (χ4v) is 4.04. The van der Waals surface area contributed by atoms with Crippen LogP contribution in [0.5, 0.6) is 0 Å². The van der Waals surface area contributed by atoms with E-state index in [1.165, 1.54) is 53.5 Å². The van der Waals surface area contributed by atoms with E-state index in [1.54, 1.807) is 0 Å². The van der Waals surface area contributed by atoms with Crippen molar-refractivity contribution < 1.29 is 0 Å². The van der Waals surface area contributed by atoms with Gasteiger partial charge >= 0.3 is 0 Å². The Morgan fingerprint density at radius 3 is 2.53 bits per heavy atom. The van der Waals surface area contributed by atoms with Gasteiger partial charge in [-0.25, -0.2) is 0 Å². The molecule has 0 saturated carbocycles. The maximum atomic E-state index is 4.36. The smallest absolute Gasteiger partial charge is 0.0382 e. The van der Waals surface area contributed by atoms with Crippen LogP contribution in [-0.2, 0) is 12.8 Å². The minimum absolute atomic E-state index is 0.990. The van der Waals surface area contributed by atoms with Gasteiger partial charge in [0.2, 0.25) is 0 Å². The first kappa shape index (κ1) is 23.3. The Labute approximate surface area is 194 Å². The molecule has 1 heteroatoms. The molecule has 1 aliphatic carbocycles. The van der Waals surface area contributed by atoms with Crippen molar-refractivity contribution in [1.29, 1.82) is 0 Å². The highest BCUT2D eigenvalue weighted by molar-refractivity contribution is 5.82. The predicted octanol–water partition coefficient (Wildman–Crippen LogP) is 8.60. The third-order valence-electron chi connectivity index (χ3n) is 5.97. The molecule has 0 radical (unpaired) electrons. The Balaban J connectivity index is 1.76. The van der Waals surface area contributed by atoms with E-state index < -0.39 is 0 Å². The van der Waals surface area contributed by atoms with Gasteiger partial charge in [-0.05, 0) is 104 Å². The van der Waals surface area contributed by atoms with Gasteiger partial charge in [0.25, 0.3) is 0 Å². The summed E-state index contributed by atoms with van der Waals surface area (Å²) in [5, 5.41) is 3.40. The van der Waals surface area contributed by atoms with Gasteiger partial charge in [0, 0.05) is 11.9 Å². The molecule has 164 valence electrons. The molecule has 0 bridgehead atoms. The van der Waals surface area contributed by atoms with Crippen LogP contribution in [0.4, 0.5) is 5.69 Å². The van der Waals surface area contributed by atoms with E-state index in [0.717, 1.165) is 22.4 Å². The van der Waals surface area contributed by atoms with Gasteiger partial charge in [0.05, 0.1) is 0 Å². The van der Waals surface area contributed by atoms with Gasteiger partial charge in [-0.15, -0.1) is 0 Å². The summed E-state index contributed by atoms with van der Waals surface area (Å²) in [4.78, 5) is 0. The largest absolute Gasteiger partial charge is 0.362 e. The Bertz CT molecular complexity index is 1110. The molecule has 0 heterocycles. The third kappa shape index (κ3) is 6.11. The lowest BCUT2D eigenvalue weighted by atomic mass is 9.87. The molecule has 0 unspecified atom stereocenters. The highest BCUT2D eigenvalue weighted by Gasteiger charge is 2.11. The Hall–Kier alpha value is -3.32. The van der Waals surface area contributed by atoms with Crippen LogP contribution in [0.3, 0.4) is 0 Å². The highest BCUT2D eigenvalue weighted by Crippen LogP contribution is 2.29. The Kier molecular flexibility index (Phi) is 8.27. The van der Waals surface area contributed by atoms with E-state index in [-0.39, 0.29) is 0 Å². The first-order valence-corrected chi connectivity index (χ1v) is 11.5. The summed E-state index contributed by atoms with van der Waals surface area (Å²) in [5.74, 6) is 0. The third-order valence-corrected chi connectivity index (χ3v) is 5.97. The number of rotatable bonds is 8. The molecule has 0 aliphatic heterocycles. The average molecular weight is 422 g/mol. The molecule has 0 fully saturated rings. The minimum Gasteiger partial charge on any atom is -0.362 e. The zero-order valence-electron chi connectivity index (χ0n) is 19.7. The van der Waals surface area contributed by atoms with Crippen molar-refractivity contribution in [3.63, 3.8) is 0 Å². The molecule has 0 aromatic heterocycles. The van der Waals surface area contributed by atoms with Crippen molar-refractivity contribution in [3.05, 3.63) is 125 Å². The number of allylic oxidation sites excluding steroid dienone is 8. The van der Waals surface area contributed by atoms with Crippen LogP contribution in [0.15, 0.2) is 97.3 Å². The molecule has 1 nitrogen and oxygen atoms in total. The lowest BCUT2D eigenvalue weighted by Gasteiger charge is -2.18. The number of benzene rings is 2. The zero-order valence-corrected chi connectivity index (χ0v) is 19.7. The predicted molar refractivity (Wildman–Crippen MR) is 143 cm³/mol. The maximum Gasteiger partial charge on any atom is 0.0382 e. The fraction of sp³-hybridized carbons (Fsp3) is 0.226. The van der Waals surface area contributed by atoms with E-state index in [0.29, 0.717) is 0 Å². The van der Waals surface area contributed by atoms with Gasteiger partial charge in [0.15, 0.2) is 0 Å². The van der Waals surface area contributed by atoms with Crippen molar-refractivity contribution in [3.8, 4) is 0 Å². The summed E-state index contributed by atoms with van der Waals surface area (Å²) in [6, 6.07) is 13.3. The number of fused-ring (bicyclic) bond motifs is 1. The summed E-state index contributed by atoms with van der Waals surface area (Å²) >= 11 is 0. The highest BCUT2D eigenvalue weighted by atomic mass is 14.8. The summed E-state index contributed by atoms with van der Waals surface area (Å²) in [6.45, 7) is 14.4. The van der Waals surface area contributed by atoms with Crippen LogP contribution >= 0.6 is 0 Å². The second-order valence-electron chi connectivity index (χ2n) is 8.46. The lowest BCUT2D eigenvalue weighted by molar-refractivity contribution is 0.685. The lowest BCUT2D eigenvalue weighted by Crippen LogP contribution is -2.03. The first-order valence-electron chi connectivity index (χ1n) is 11.5. The zero-order chi connectivity index (χ0) is 22.9. The van der Waals surface area contributed by atoms with E-state index in [2.05, 4.69) is 99.1 Å². The topological polar surface area (TPSA) is 12.0 Å². The van der Waals surface area contributed by atoms with Crippen molar-refractivity contribution >= 4 is 17.3 Å². The van der Waals surface area contributed by atoms with E-state index in [1.807, 2.05) is 19.2 Å². The van der Waals surface area contributed by atoms with Crippen LogP contribution in [-0.4, -0.2) is 0 Å². The molecule has 1 aliphatic rings. The van der Waals surface area contributed by atoms with Gasteiger partial charge in [-0.1, -0.05) is 73.4 Å². The Morgan fingerprint density at radius 1 is 1.03 bits per heavy atom. The Morgan fingerprint density at radius 2 is 1.81 bits per heavy atom. The van der Waals surface area contributed by atoms with Gasteiger partial charge in [-0.3, -0.25) is 0 Å². The molecule has 2 aromatic rings. The molecule has 1 N–H and O–H groups in total. The molecule has 0 amide bonds. The molecule has 3 rings (SSSR count). The van der Waals surface area contributed by atoms with Crippen LogP contribution in [0, 0.1) is 6.92 Å². The molecule has 32 heavy (non-hydrogen) atoms. The average Bonchev–Trinajstić information content (AvgIpc) is 2.80. The van der Waals surface area contributed by atoms with Crippen LogP contribution in [0.2, 0.25) is 0 Å². The minimum atomic E-state index is 0.990. The van der Waals surface area contributed by atoms with E-state index >= 15 is 0 Å². The summed E-state index contributed by atoms with van der Waals surface area (Å²) in [5.41, 5.74) is 11.0. The number of nitrogens with one attached hydrogen (secondary N) is 1. The second-order valence-corrected chi connectivity index (χ2v) is 8.46. The second kappa shape index (κ2) is 11.3. The van der Waals surface area contributed by atoms with Crippen molar-refractivity contribution in [1.82, 2.24) is 0 Å². The number of aryl methyl sites for hydroxylation is 3. The summed E-state index contributed by atoms with van der Waals surface area (Å²) in [7, 11) is 0. The summed E-state index contributed by atoms with van der Waals surface area (Å²) in [6.07, 6.45) is 19.3. The number of anilines is 1. The number of hydrogen-bond donors (Lipinski definition) is 1. The standard InChI is InChI=1S/C31H35N/c1-6-8-13-31(29-15-14-26-11-9-10-12-28(26)22-29)24(4)18-19-32-30-17-16-27(25(5)21-30)20-23(3)7-2/h6-8,13-22,32H,2,4,9-12H2,1,3,5H3/b8-6-,19-18-,23-20+,31-13+. The normalized spacial score (nSPS) is 14.6. The molecule has 0 atom stereocenters. The van der Waals surface area contributed by atoms with Crippen LogP contribution < -0.4 is 5.32 Å². The maximum absolute atomic E-state index is 4.36. The molecular weight excluding hydrogens is 386 g/mol. The van der Waals surface area contributed by atoms with Crippen molar-refractivity contribution in [2.24, 2.45) is 0 Å². The SMILES string of the molecule is C=C/C(C)=C/c1ccc(N/C=C\C(=C)/C(=C\C=C/C)c2ccc3c(c2)CCCC3)cc1C. The summed E-state index contributed by atoms with van der Waals surface area (Å²) < 4.78 is 0. The van der Waals surface area contributed by atoms with Crippen molar-refractivity contribution in [2.45, 2.75) is 46.5 Å². The fourth-order valence-electron chi connectivity index (χ4n) is 4.04. The van der Waals surface area contributed by atoms with Gasteiger partial charge in [-0.2, -0.15) is 0 Å². The van der Waals surface area contributed by atoms with Crippen LogP contribution in [0.1, 0.15) is 54.5 Å². The van der Waals surface area contributed by atoms with Crippen LogP contribution in [0.25, 0.3) is 11.6 Å². The monoisotopic (exact) mass is 421 g/mol. The number of hydrogen-bond acceptors (Lipinski definition) is 1. The van der Waals surface area contributed by atoms with Gasteiger partial charge in [0.1, 0.15) is 0 Å². The quantitative estimate of drug-likeness (QED) is 0.421. The van der Waals surface area contributed by atoms with Gasteiger partial charge < -0.3 is 5.32 Å². The molecule has 0 saturated heterocycles. The van der Waals surface area contributed by atoms with E-state index in [9.17, 15) is 0 Å².